The number of piperidine rings is 1. The molecule has 0 aliphatic carbocycles. The molecule has 0 radical (unpaired) electrons. The van der Waals surface area contributed by atoms with Crippen molar-refractivity contribution >= 4 is 27.8 Å². The molecule has 21 heavy (non-hydrogen) atoms. The molecule has 0 spiro atoms. The number of rotatable bonds is 4. The van der Waals surface area contributed by atoms with Gasteiger partial charge in [0.2, 0.25) is 0 Å². The molecule has 6 heteroatoms. The highest BCUT2D eigenvalue weighted by Gasteiger charge is 2.31. The Hall–Kier alpha value is -1.56. The maximum absolute atomic E-state index is 12.4. The van der Waals surface area contributed by atoms with Gasteiger partial charge in [-0.05, 0) is 47.8 Å². The van der Waals surface area contributed by atoms with Crippen molar-refractivity contribution in [1.29, 1.82) is 0 Å². The van der Waals surface area contributed by atoms with Crippen LogP contribution in [0, 0.1) is 5.92 Å². The third-order valence-electron chi connectivity index (χ3n) is 3.57. The van der Waals surface area contributed by atoms with E-state index in [4.69, 9.17) is 9.84 Å². The van der Waals surface area contributed by atoms with E-state index < -0.39 is 18.0 Å². The van der Waals surface area contributed by atoms with Crippen LogP contribution in [0.5, 0.6) is 5.75 Å². The van der Waals surface area contributed by atoms with Gasteiger partial charge in [-0.2, -0.15) is 0 Å². The SMILES string of the molecule is CC(Oc1ccccc1Br)C(=O)N1CCC[C@H](C(=O)O)C1. The predicted molar refractivity (Wildman–Crippen MR) is 81.2 cm³/mol. The first-order valence-corrected chi connectivity index (χ1v) is 7.71. The van der Waals surface area contributed by atoms with Crippen molar-refractivity contribution in [3.8, 4) is 5.75 Å². The molecule has 2 rings (SSSR count). The number of aliphatic carboxylic acids is 1. The molecule has 0 saturated carbocycles. The van der Waals surface area contributed by atoms with Gasteiger partial charge in [-0.25, -0.2) is 0 Å². The summed E-state index contributed by atoms with van der Waals surface area (Å²) in [6.07, 6.45) is 0.694. The first-order chi connectivity index (χ1) is 9.99. The molecule has 2 atom stereocenters. The number of para-hydroxylation sites is 1. The summed E-state index contributed by atoms with van der Waals surface area (Å²) < 4.78 is 6.45. The first-order valence-electron chi connectivity index (χ1n) is 6.92. The van der Waals surface area contributed by atoms with Crippen LogP contribution in [0.4, 0.5) is 0 Å². The minimum Gasteiger partial charge on any atom is -0.481 e. The molecule has 1 aliphatic rings. The van der Waals surface area contributed by atoms with E-state index in [9.17, 15) is 9.59 Å². The molecule has 5 nitrogen and oxygen atoms in total. The van der Waals surface area contributed by atoms with E-state index in [-0.39, 0.29) is 12.5 Å². The summed E-state index contributed by atoms with van der Waals surface area (Å²) in [5, 5.41) is 9.07. The van der Waals surface area contributed by atoms with Gasteiger partial charge < -0.3 is 14.7 Å². The van der Waals surface area contributed by atoms with Crippen LogP contribution in [0.3, 0.4) is 0 Å². The number of nitrogens with zero attached hydrogens (tertiary/aromatic N) is 1. The molecule has 0 aromatic heterocycles. The van der Waals surface area contributed by atoms with E-state index in [1.165, 1.54) is 0 Å². The van der Waals surface area contributed by atoms with Crippen molar-refractivity contribution < 1.29 is 19.4 Å². The van der Waals surface area contributed by atoms with Crippen molar-refractivity contribution in [1.82, 2.24) is 4.90 Å². The molecule has 1 unspecified atom stereocenters. The van der Waals surface area contributed by atoms with Crippen LogP contribution in [0.2, 0.25) is 0 Å². The number of benzene rings is 1. The number of ether oxygens (including phenoxy) is 1. The molecular weight excluding hydrogens is 338 g/mol. The summed E-state index contributed by atoms with van der Waals surface area (Å²) in [4.78, 5) is 25.0. The van der Waals surface area contributed by atoms with E-state index in [2.05, 4.69) is 15.9 Å². The maximum Gasteiger partial charge on any atom is 0.308 e. The van der Waals surface area contributed by atoms with Gasteiger partial charge in [-0.15, -0.1) is 0 Å². The van der Waals surface area contributed by atoms with Gasteiger partial charge in [-0.1, -0.05) is 12.1 Å². The summed E-state index contributed by atoms with van der Waals surface area (Å²) in [5.41, 5.74) is 0. The summed E-state index contributed by atoms with van der Waals surface area (Å²) in [5.74, 6) is -0.882. The number of amides is 1. The predicted octanol–water partition coefficient (Wildman–Crippen LogP) is 2.54. The lowest BCUT2D eigenvalue weighted by Gasteiger charge is -2.32. The monoisotopic (exact) mass is 355 g/mol. The van der Waals surface area contributed by atoms with E-state index in [0.29, 0.717) is 25.1 Å². The Kier molecular flexibility index (Phi) is 5.22. The van der Waals surface area contributed by atoms with Gasteiger partial charge >= 0.3 is 5.97 Å². The van der Waals surface area contributed by atoms with Crippen LogP contribution >= 0.6 is 15.9 Å². The number of likely N-dealkylation sites (tertiary alicyclic amines) is 1. The highest BCUT2D eigenvalue weighted by molar-refractivity contribution is 9.10. The molecular formula is C15H18BrNO4. The number of halogens is 1. The average Bonchev–Trinajstić information content (AvgIpc) is 2.49. The number of carboxylic acids is 1. The second kappa shape index (κ2) is 6.93. The first kappa shape index (κ1) is 15.8. The van der Waals surface area contributed by atoms with Crippen molar-refractivity contribution in [2.24, 2.45) is 5.92 Å². The smallest absolute Gasteiger partial charge is 0.308 e. The van der Waals surface area contributed by atoms with Gasteiger partial charge in [0.1, 0.15) is 5.75 Å². The fourth-order valence-electron chi connectivity index (χ4n) is 2.42. The van der Waals surface area contributed by atoms with E-state index in [1.54, 1.807) is 17.9 Å². The Bertz CT molecular complexity index is 534. The molecule has 1 aromatic rings. The molecule has 0 bridgehead atoms. The quantitative estimate of drug-likeness (QED) is 0.900. The number of carbonyl (C=O) groups excluding carboxylic acids is 1. The third-order valence-corrected chi connectivity index (χ3v) is 4.23. The normalized spacial score (nSPS) is 19.9. The summed E-state index contributed by atoms with van der Waals surface area (Å²) in [6.45, 7) is 2.54. The summed E-state index contributed by atoms with van der Waals surface area (Å²) in [6, 6.07) is 7.32. The lowest BCUT2D eigenvalue weighted by atomic mass is 9.98. The van der Waals surface area contributed by atoms with Crippen molar-refractivity contribution in [3.63, 3.8) is 0 Å². The fraction of sp³-hybridized carbons (Fsp3) is 0.467. The minimum atomic E-state index is -0.841. The lowest BCUT2D eigenvalue weighted by molar-refractivity contribution is -0.147. The molecule has 114 valence electrons. The van der Waals surface area contributed by atoms with Crippen molar-refractivity contribution in [2.45, 2.75) is 25.9 Å². The van der Waals surface area contributed by atoms with Gasteiger partial charge in [0.15, 0.2) is 6.10 Å². The van der Waals surface area contributed by atoms with Gasteiger partial charge in [0, 0.05) is 13.1 Å². The van der Waals surface area contributed by atoms with E-state index in [0.717, 1.165) is 4.47 Å². The molecule has 1 fully saturated rings. The topological polar surface area (TPSA) is 66.8 Å². The van der Waals surface area contributed by atoms with Gasteiger partial charge in [-0.3, -0.25) is 9.59 Å². The number of carbonyl (C=O) groups is 2. The second-order valence-corrected chi connectivity index (χ2v) is 6.01. The molecule has 1 amide bonds. The van der Waals surface area contributed by atoms with Gasteiger partial charge in [0.25, 0.3) is 5.91 Å². The zero-order chi connectivity index (χ0) is 15.4. The average molecular weight is 356 g/mol. The molecule has 1 saturated heterocycles. The molecule has 1 N–H and O–H groups in total. The van der Waals surface area contributed by atoms with Crippen molar-refractivity contribution in [2.75, 3.05) is 13.1 Å². The zero-order valence-electron chi connectivity index (χ0n) is 11.8. The molecule has 1 heterocycles. The van der Waals surface area contributed by atoms with Crippen LogP contribution in [-0.4, -0.2) is 41.1 Å². The molecule has 1 aliphatic heterocycles. The maximum atomic E-state index is 12.4. The van der Waals surface area contributed by atoms with E-state index in [1.807, 2.05) is 18.2 Å². The fourth-order valence-corrected chi connectivity index (χ4v) is 2.80. The number of hydrogen-bond donors (Lipinski definition) is 1. The third kappa shape index (κ3) is 3.97. The zero-order valence-corrected chi connectivity index (χ0v) is 13.4. The Morgan fingerprint density at radius 3 is 2.81 bits per heavy atom. The standard InChI is InChI=1S/C15H18BrNO4/c1-10(21-13-7-3-2-6-12(13)16)14(18)17-8-4-5-11(9-17)15(19)20/h2-3,6-7,10-11H,4-5,8-9H2,1H3,(H,19,20)/t10?,11-/m0/s1. The van der Waals surface area contributed by atoms with Crippen LogP contribution in [0.15, 0.2) is 28.7 Å². The Labute approximate surface area is 132 Å². The van der Waals surface area contributed by atoms with Crippen LogP contribution in [0.1, 0.15) is 19.8 Å². The van der Waals surface area contributed by atoms with Gasteiger partial charge in [0.05, 0.1) is 10.4 Å². The Balaban J connectivity index is 1.99. The highest BCUT2D eigenvalue weighted by Crippen LogP contribution is 2.25. The number of hydrogen-bond acceptors (Lipinski definition) is 3. The highest BCUT2D eigenvalue weighted by atomic mass is 79.9. The Morgan fingerprint density at radius 1 is 1.43 bits per heavy atom. The largest absolute Gasteiger partial charge is 0.481 e. The minimum absolute atomic E-state index is 0.170. The summed E-state index contributed by atoms with van der Waals surface area (Å²) in [7, 11) is 0. The van der Waals surface area contributed by atoms with Crippen molar-refractivity contribution in [3.05, 3.63) is 28.7 Å². The number of carboxylic acid groups (broad SMARTS) is 1. The lowest BCUT2D eigenvalue weighted by Crippen LogP contribution is -2.47. The van der Waals surface area contributed by atoms with Crippen LogP contribution in [-0.2, 0) is 9.59 Å². The summed E-state index contributed by atoms with van der Waals surface area (Å²) >= 11 is 3.37. The van der Waals surface area contributed by atoms with Crippen LogP contribution in [0.25, 0.3) is 0 Å². The second-order valence-electron chi connectivity index (χ2n) is 5.15. The molecule has 1 aromatic carbocycles. The van der Waals surface area contributed by atoms with E-state index >= 15 is 0 Å². The Morgan fingerprint density at radius 2 is 2.14 bits per heavy atom. The van der Waals surface area contributed by atoms with Crippen LogP contribution < -0.4 is 4.74 Å².